The van der Waals surface area contributed by atoms with Crippen LogP contribution in [0.25, 0.3) is 0 Å². The molecule has 3 nitrogen and oxygen atoms in total. The third-order valence-corrected chi connectivity index (χ3v) is 9.37. The number of allylic oxidation sites excluding steroid dienone is 1. The van der Waals surface area contributed by atoms with Crippen LogP contribution in [0.5, 0.6) is 0 Å². The van der Waals surface area contributed by atoms with Gasteiger partial charge in [0.15, 0.2) is 0 Å². The Morgan fingerprint density at radius 3 is 1.97 bits per heavy atom. The highest BCUT2D eigenvalue weighted by Gasteiger charge is 2.36. The molecule has 0 aliphatic carbocycles. The minimum Gasteiger partial charge on any atom is -0.274 e. The summed E-state index contributed by atoms with van der Waals surface area (Å²) in [5.74, 6) is 0. The van der Waals surface area contributed by atoms with E-state index < -0.39 is 10.0 Å². The maximum Gasteiger partial charge on any atom is 0.263 e. The predicted molar refractivity (Wildman–Crippen MR) is 123 cm³/mol. The number of hydrogen-bond acceptors (Lipinski definition) is 2. The Bertz CT molecular complexity index is 1080. The zero-order valence-electron chi connectivity index (χ0n) is 16.4. The molecule has 0 amide bonds. The summed E-state index contributed by atoms with van der Waals surface area (Å²) in [5.41, 5.74) is 2.46. The molecule has 3 aromatic rings. The van der Waals surface area contributed by atoms with Crippen molar-refractivity contribution < 1.29 is 8.42 Å². The van der Waals surface area contributed by atoms with Gasteiger partial charge in [0, 0.05) is 22.8 Å². The lowest BCUT2D eigenvalue weighted by Crippen LogP contribution is -2.40. The van der Waals surface area contributed by atoms with Crippen LogP contribution >= 0.6 is 11.6 Å². The van der Waals surface area contributed by atoms with Crippen LogP contribution in [0.4, 0.5) is 0 Å². The maximum atomic E-state index is 13.3. The smallest absolute Gasteiger partial charge is 0.263 e. The molecule has 152 valence electrons. The van der Waals surface area contributed by atoms with Crippen LogP contribution in [0.2, 0.25) is 11.1 Å². The van der Waals surface area contributed by atoms with Gasteiger partial charge in [-0.2, -0.15) is 0 Å². The monoisotopic (exact) mass is 451 g/mol. The Labute approximate surface area is 185 Å². The van der Waals surface area contributed by atoms with Crippen LogP contribution in [0.15, 0.2) is 102 Å². The molecule has 1 aliphatic heterocycles. The van der Waals surface area contributed by atoms with Gasteiger partial charge in [0.05, 0.1) is 14.4 Å². The zero-order chi connectivity index (χ0) is 21.0. The molecule has 0 N–H and O–H groups in total. The standard InChI is InChI=1S/C24H22ClNO2SSi/c25-22-12-14-23(15-13-22)29(27,28)26-17-7-19-30-24(16-18-26,20-8-3-1-4-9-20)21-10-5-2-6-11-21/h1-15,17H,16,18-19H2/b17-7-. The van der Waals surface area contributed by atoms with E-state index in [1.807, 2.05) is 18.2 Å². The fraction of sp³-hybridized carbons (Fsp3) is 0.167. The lowest BCUT2D eigenvalue weighted by atomic mass is 9.87. The normalized spacial score (nSPS) is 17.7. The molecule has 4 rings (SSSR count). The van der Waals surface area contributed by atoms with Crippen LogP contribution < -0.4 is 0 Å². The molecule has 0 atom stereocenters. The van der Waals surface area contributed by atoms with Gasteiger partial charge >= 0.3 is 0 Å². The number of benzene rings is 3. The summed E-state index contributed by atoms with van der Waals surface area (Å²) in [5, 5.41) is 0.298. The molecule has 2 radical (unpaired) electrons. The van der Waals surface area contributed by atoms with E-state index >= 15 is 0 Å². The van der Waals surface area contributed by atoms with Gasteiger partial charge in [0.1, 0.15) is 0 Å². The second-order valence-corrected chi connectivity index (χ2v) is 11.2. The summed E-state index contributed by atoms with van der Waals surface area (Å²) in [7, 11) is -3.02. The van der Waals surface area contributed by atoms with Gasteiger partial charge in [-0.05, 0) is 47.9 Å². The molecular formula is C24H22ClNO2SSi. The predicted octanol–water partition coefficient (Wildman–Crippen LogP) is 5.31. The first-order valence-electron chi connectivity index (χ1n) is 9.82. The average Bonchev–Trinajstić information content (AvgIpc) is 2.76. The van der Waals surface area contributed by atoms with Crippen molar-refractivity contribution in [2.75, 3.05) is 6.54 Å². The molecule has 0 spiro atoms. The minimum atomic E-state index is -3.64. The summed E-state index contributed by atoms with van der Waals surface area (Å²) < 4.78 is 28.0. The highest BCUT2D eigenvalue weighted by Crippen LogP contribution is 2.37. The van der Waals surface area contributed by atoms with E-state index in [0.717, 1.165) is 6.04 Å². The molecule has 1 aliphatic rings. The summed E-state index contributed by atoms with van der Waals surface area (Å²) in [6, 6.07) is 28.1. The Kier molecular flexibility index (Phi) is 6.13. The second kappa shape index (κ2) is 8.80. The van der Waals surface area contributed by atoms with Gasteiger partial charge < -0.3 is 0 Å². The van der Waals surface area contributed by atoms with Gasteiger partial charge in [-0.3, -0.25) is 4.31 Å². The zero-order valence-corrected chi connectivity index (χ0v) is 19.0. The lowest BCUT2D eigenvalue weighted by molar-refractivity contribution is 0.462. The molecule has 0 saturated carbocycles. The van der Waals surface area contributed by atoms with Gasteiger partial charge in [-0.1, -0.05) is 78.3 Å². The van der Waals surface area contributed by atoms with Crippen molar-refractivity contribution in [3.63, 3.8) is 0 Å². The van der Waals surface area contributed by atoms with Crippen LogP contribution in [0, 0.1) is 0 Å². The minimum absolute atomic E-state index is 0.221. The van der Waals surface area contributed by atoms with E-state index in [-0.39, 0.29) is 9.93 Å². The highest BCUT2D eigenvalue weighted by atomic mass is 35.5. The van der Waals surface area contributed by atoms with Crippen molar-refractivity contribution in [3.8, 4) is 0 Å². The van der Waals surface area contributed by atoms with Crippen molar-refractivity contribution in [2.45, 2.75) is 22.4 Å². The first-order valence-corrected chi connectivity index (χ1v) is 12.8. The van der Waals surface area contributed by atoms with Crippen LogP contribution in [-0.2, 0) is 15.1 Å². The molecule has 0 bridgehead atoms. The molecule has 0 saturated heterocycles. The number of halogens is 1. The highest BCUT2D eigenvalue weighted by molar-refractivity contribution is 7.89. The summed E-state index contributed by atoms with van der Waals surface area (Å²) in [4.78, 5) is 0.254. The van der Waals surface area contributed by atoms with Crippen LogP contribution in [-0.4, -0.2) is 28.8 Å². The van der Waals surface area contributed by atoms with Gasteiger partial charge in [0.25, 0.3) is 10.0 Å². The number of sulfonamides is 1. The Morgan fingerprint density at radius 1 is 0.833 bits per heavy atom. The van der Waals surface area contributed by atoms with Crippen molar-refractivity contribution in [1.82, 2.24) is 4.31 Å². The fourth-order valence-electron chi connectivity index (χ4n) is 3.89. The quantitative estimate of drug-likeness (QED) is 0.504. The van der Waals surface area contributed by atoms with Crippen molar-refractivity contribution >= 4 is 31.1 Å². The molecular weight excluding hydrogens is 430 g/mol. The Morgan fingerprint density at radius 2 is 1.40 bits per heavy atom. The Balaban J connectivity index is 1.73. The topological polar surface area (TPSA) is 37.4 Å². The van der Waals surface area contributed by atoms with E-state index in [4.69, 9.17) is 11.6 Å². The molecule has 0 aromatic heterocycles. The lowest BCUT2D eigenvalue weighted by Gasteiger charge is -2.37. The van der Waals surface area contributed by atoms with Gasteiger partial charge in [-0.25, -0.2) is 8.42 Å². The van der Waals surface area contributed by atoms with Crippen LogP contribution in [0.3, 0.4) is 0 Å². The number of nitrogens with zero attached hydrogens (tertiary/aromatic N) is 1. The number of hydrogen-bond donors (Lipinski definition) is 0. The van der Waals surface area contributed by atoms with Crippen LogP contribution in [0.1, 0.15) is 17.5 Å². The van der Waals surface area contributed by atoms with E-state index in [9.17, 15) is 8.42 Å². The molecule has 30 heavy (non-hydrogen) atoms. The van der Waals surface area contributed by atoms with Gasteiger partial charge in [-0.15, -0.1) is 0 Å². The molecule has 0 unspecified atom stereocenters. The van der Waals surface area contributed by atoms with E-state index in [2.05, 4.69) is 48.5 Å². The second-order valence-electron chi connectivity index (χ2n) is 7.22. The molecule has 0 fully saturated rings. The Hall–Kier alpha value is -2.34. The number of rotatable bonds is 4. The first kappa shape index (κ1) is 20.9. The maximum absolute atomic E-state index is 13.3. The van der Waals surface area contributed by atoms with E-state index in [1.165, 1.54) is 15.4 Å². The largest absolute Gasteiger partial charge is 0.274 e. The molecule has 3 aromatic carbocycles. The van der Waals surface area contributed by atoms with E-state index in [1.54, 1.807) is 30.5 Å². The van der Waals surface area contributed by atoms with Crippen molar-refractivity contribution in [1.29, 1.82) is 0 Å². The molecule has 6 heteroatoms. The average molecular weight is 452 g/mol. The SMILES string of the molecule is O=S(=O)(c1ccc(Cl)cc1)N1/C=C\C[Si]C(c2ccccc2)(c2ccccc2)CC1. The van der Waals surface area contributed by atoms with Gasteiger partial charge in [0.2, 0.25) is 0 Å². The summed E-state index contributed by atoms with van der Waals surface area (Å²) >= 11 is 5.95. The third-order valence-electron chi connectivity index (χ3n) is 5.45. The first-order chi connectivity index (χ1) is 14.5. The van der Waals surface area contributed by atoms with E-state index in [0.29, 0.717) is 27.5 Å². The third kappa shape index (κ3) is 4.10. The van der Waals surface area contributed by atoms with Crippen molar-refractivity contribution in [2.24, 2.45) is 0 Å². The molecule has 1 heterocycles. The summed E-state index contributed by atoms with van der Waals surface area (Å²) in [6.07, 6.45) is 4.40. The fourth-order valence-corrected chi connectivity index (χ4v) is 6.95. The summed E-state index contributed by atoms with van der Waals surface area (Å²) in [6.45, 7) is 0.401. The van der Waals surface area contributed by atoms with Crippen molar-refractivity contribution in [3.05, 3.63) is 113 Å².